The molecule has 2 aromatic heterocycles. The van der Waals surface area contributed by atoms with E-state index in [0.717, 1.165) is 22.4 Å². The lowest BCUT2D eigenvalue weighted by atomic mass is 10.2. The van der Waals surface area contributed by atoms with Crippen LogP contribution in [0.2, 0.25) is 0 Å². The number of pyridine rings is 1. The summed E-state index contributed by atoms with van der Waals surface area (Å²) < 4.78 is 21.2. The summed E-state index contributed by atoms with van der Waals surface area (Å²) in [7, 11) is 0. The van der Waals surface area contributed by atoms with Crippen molar-refractivity contribution in [3.8, 4) is 11.4 Å². The number of hydrogen-bond acceptors (Lipinski definition) is 3. The SMILES string of the molecule is C[C@H]1OCCn2nc(-c3ccc(F)cn3)c(Br)c21. The van der Waals surface area contributed by atoms with Gasteiger partial charge >= 0.3 is 0 Å². The summed E-state index contributed by atoms with van der Waals surface area (Å²) in [5, 5.41) is 4.51. The van der Waals surface area contributed by atoms with E-state index >= 15 is 0 Å². The first kappa shape index (κ1) is 11.8. The Hall–Kier alpha value is -1.27. The predicted molar refractivity (Wildman–Crippen MR) is 67.5 cm³/mol. The smallest absolute Gasteiger partial charge is 0.141 e. The monoisotopic (exact) mass is 311 g/mol. The summed E-state index contributed by atoms with van der Waals surface area (Å²) in [5.41, 5.74) is 2.38. The Kier molecular flexibility index (Phi) is 2.91. The second kappa shape index (κ2) is 4.44. The van der Waals surface area contributed by atoms with Crippen molar-refractivity contribution < 1.29 is 9.13 Å². The van der Waals surface area contributed by atoms with Gasteiger partial charge in [0.2, 0.25) is 0 Å². The summed E-state index contributed by atoms with van der Waals surface area (Å²) in [6.45, 7) is 3.36. The zero-order chi connectivity index (χ0) is 12.7. The van der Waals surface area contributed by atoms with Crippen molar-refractivity contribution >= 4 is 15.9 Å². The maximum atomic E-state index is 12.9. The molecule has 0 N–H and O–H groups in total. The molecule has 0 saturated heterocycles. The summed E-state index contributed by atoms with van der Waals surface area (Å²) in [6.07, 6.45) is 1.19. The Morgan fingerprint density at radius 3 is 3.00 bits per heavy atom. The highest BCUT2D eigenvalue weighted by atomic mass is 79.9. The van der Waals surface area contributed by atoms with E-state index in [1.54, 1.807) is 6.07 Å². The minimum atomic E-state index is -0.351. The van der Waals surface area contributed by atoms with Crippen molar-refractivity contribution in [2.24, 2.45) is 0 Å². The number of hydrogen-bond donors (Lipinski definition) is 0. The molecule has 4 nitrogen and oxygen atoms in total. The lowest BCUT2D eigenvalue weighted by Crippen LogP contribution is -2.20. The van der Waals surface area contributed by atoms with Crippen LogP contribution in [0, 0.1) is 5.82 Å². The van der Waals surface area contributed by atoms with Gasteiger partial charge in [-0.05, 0) is 35.0 Å². The van der Waals surface area contributed by atoms with E-state index in [2.05, 4.69) is 26.0 Å². The van der Waals surface area contributed by atoms with Crippen molar-refractivity contribution in [1.82, 2.24) is 14.8 Å². The Bertz CT molecular complexity index is 582. The van der Waals surface area contributed by atoms with Gasteiger partial charge in [0.15, 0.2) is 0 Å². The zero-order valence-electron chi connectivity index (χ0n) is 9.73. The maximum Gasteiger partial charge on any atom is 0.141 e. The molecular weight excluding hydrogens is 301 g/mol. The quantitative estimate of drug-likeness (QED) is 0.813. The molecule has 0 fully saturated rings. The fourth-order valence-corrected chi connectivity index (χ4v) is 2.90. The lowest BCUT2D eigenvalue weighted by Gasteiger charge is -2.21. The lowest BCUT2D eigenvalue weighted by molar-refractivity contribution is 0.0283. The van der Waals surface area contributed by atoms with E-state index in [-0.39, 0.29) is 11.9 Å². The number of aromatic nitrogens is 3. The van der Waals surface area contributed by atoms with Gasteiger partial charge in [-0.25, -0.2) is 4.39 Å². The van der Waals surface area contributed by atoms with Crippen LogP contribution in [0.15, 0.2) is 22.8 Å². The average molecular weight is 312 g/mol. The van der Waals surface area contributed by atoms with Crippen molar-refractivity contribution in [2.45, 2.75) is 19.6 Å². The normalized spacial score (nSPS) is 18.7. The molecule has 3 rings (SSSR count). The van der Waals surface area contributed by atoms with Crippen LogP contribution in [0.4, 0.5) is 4.39 Å². The minimum absolute atomic E-state index is 0.00479. The Balaban J connectivity index is 2.11. The second-order valence-electron chi connectivity index (χ2n) is 4.15. The topological polar surface area (TPSA) is 39.9 Å². The largest absolute Gasteiger partial charge is 0.370 e. The molecular formula is C12H11BrFN3O. The summed E-state index contributed by atoms with van der Waals surface area (Å²) in [6, 6.07) is 3.01. The van der Waals surface area contributed by atoms with E-state index in [0.29, 0.717) is 12.3 Å². The van der Waals surface area contributed by atoms with Gasteiger partial charge in [-0.2, -0.15) is 5.10 Å². The predicted octanol–water partition coefficient (Wildman–Crippen LogP) is 2.94. The molecule has 0 bridgehead atoms. The van der Waals surface area contributed by atoms with Gasteiger partial charge in [0, 0.05) is 0 Å². The average Bonchev–Trinajstić information content (AvgIpc) is 2.69. The minimum Gasteiger partial charge on any atom is -0.370 e. The van der Waals surface area contributed by atoms with E-state index in [1.807, 2.05) is 11.6 Å². The Morgan fingerprint density at radius 2 is 2.33 bits per heavy atom. The highest BCUT2D eigenvalue weighted by Crippen LogP contribution is 2.35. The highest BCUT2D eigenvalue weighted by Gasteiger charge is 2.25. The molecule has 0 aromatic carbocycles. The molecule has 0 aliphatic carbocycles. The first-order valence-electron chi connectivity index (χ1n) is 5.66. The fourth-order valence-electron chi connectivity index (χ4n) is 2.09. The number of halogens is 2. The van der Waals surface area contributed by atoms with Crippen LogP contribution in [0.3, 0.4) is 0 Å². The second-order valence-corrected chi connectivity index (χ2v) is 4.94. The van der Waals surface area contributed by atoms with Crippen LogP contribution in [0.1, 0.15) is 18.7 Å². The molecule has 0 radical (unpaired) electrons. The van der Waals surface area contributed by atoms with E-state index in [1.165, 1.54) is 12.3 Å². The van der Waals surface area contributed by atoms with Gasteiger partial charge in [-0.3, -0.25) is 9.67 Å². The Labute approximate surface area is 112 Å². The molecule has 94 valence electrons. The van der Waals surface area contributed by atoms with Crippen LogP contribution in [0.5, 0.6) is 0 Å². The van der Waals surface area contributed by atoms with E-state index in [4.69, 9.17) is 4.74 Å². The zero-order valence-corrected chi connectivity index (χ0v) is 11.3. The first-order valence-corrected chi connectivity index (χ1v) is 6.46. The number of ether oxygens (including phenoxy) is 1. The number of nitrogens with zero attached hydrogens (tertiary/aromatic N) is 3. The van der Waals surface area contributed by atoms with E-state index in [9.17, 15) is 4.39 Å². The molecule has 6 heteroatoms. The molecule has 0 amide bonds. The highest BCUT2D eigenvalue weighted by molar-refractivity contribution is 9.10. The summed E-state index contributed by atoms with van der Waals surface area (Å²) in [5.74, 6) is -0.351. The third-order valence-electron chi connectivity index (χ3n) is 2.96. The molecule has 1 aliphatic heterocycles. The third kappa shape index (κ3) is 1.85. The van der Waals surface area contributed by atoms with Gasteiger partial charge in [0.05, 0.1) is 41.3 Å². The third-order valence-corrected chi connectivity index (χ3v) is 3.74. The number of rotatable bonds is 1. The molecule has 0 spiro atoms. The maximum absolute atomic E-state index is 12.9. The molecule has 0 unspecified atom stereocenters. The Morgan fingerprint density at radius 1 is 1.50 bits per heavy atom. The van der Waals surface area contributed by atoms with Gasteiger partial charge in [0.25, 0.3) is 0 Å². The van der Waals surface area contributed by atoms with Crippen LogP contribution < -0.4 is 0 Å². The number of fused-ring (bicyclic) bond motifs is 1. The van der Waals surface area contributed by atoms with Gasteiger partial charge in [0.1, 0.15) is 11.5 Å². The summed E-state index contributed by atoms with van der Waals surface area (Å²) >= 11 is 3.54. The molecule has 0 saturated carbocycles. The van der Waals surface area contributed by atoms with Crippen LogP contribution in [-0.2, 0) is 11.3 Å². The molecule has 1 atom stereocenters. The summed E-state index contributed by atoms with van der Waals surface area (Å²) in [4.78, 5) is 4.06. The van der Waals surface area contributed by atoms with Gasteiger partial charge < -0.3 is 4.74 Å². The van der Waals surface area contributed by atoms with Crippen molar-refractivity contribution in [2.75, 3.05) is 6.61 Å². The van der Waals surface area contributed by atoms with Crippen molar-refractivity contribution in [1.29, 1.82) is 0 Å². The molecule has 18 heavy (non-hydrogen) atoms. The molecule has 2 aromatic rings. The molecule has 3 heterocycles. The molecule has 1 aliphatic rings. The standard InChI is InChI=1S/C12H11BrFN3O/c1-7-12-10(13)11(16-17(12)4-5-18-7)9-3-2-8(14)6-15-9/h2-3,6-7H,4-5H2,1H3/t7-/m1/s1. The van der Waals surface area contributed by atoms with Crippen LogP contribution in [0.25, 0.3) is 11.4 Å². The first-order chi connectivity index (χ1) is 8.66. The van der Waals surface area contributed by atoms with E-state index < -0.39 is 0 Å². The van der Waals surface area contributed by atoms with Gasteiger partial charge in [-0.1, -0.05) is 0 Å². The van der Waals surface area contributed by atoms with Gasteiger partial charge in [-0.15, -0.1) is 0 Å². The van der Waals surface area contributed by atoms with Crippen LogP contribution >= 0.6 is 15.9 Å². The van der Waals surface area contributed by atoms with Crippen molar-refractivity contribution in [3.63, 3.8) is 0 Å². The van der Waals surface area contributed by atoms with Crippen LogP contribution in [-0.4, -0.2) is 21.4 Å². The van der Waals surface area contributed by atoms with Crippen molar-refractivity contribution in [3.05, 3.63) is 34.3 Å². The fraction of sp³-hybridized carbons (Fsp3) is 0.333.